The van der Waals surface area contributed by atoms with E-state index in [1.54, 1.807) is 17.7 Å². The standard InChI is InChI=1S/C16H15N3OS/c1-11(2)13-5-3-12(4-6-13)9-14(10-17)15(20)19-16-18-7-8-21-16/h3-9,11H,1-2H3,(H,18,19,20). The van der Waals surface area contributed by atoms with E-state index in [0.717, 1.165) is 5.56 Å². The first kappa shape index (κ1) is 14.9. The van der Waals surface area contributed by atoms with Crippen LogP contribution < -0.4 is 5.32 Å². The van der Waals surface area contributed by atoms with Crippen molar-refractivity contribution in [3.05, 3.63) is 52.5 Å². The minimum atomic E-state index is -0.444. The Bertz CT molecular complexity index is 679. The molecule has 0 unspecified atom stereocenters. The molecule has 4 nitrogen and oxygen atoms in total. The predicted octanol–water partition coefficient (Wildman–Crippen LogP) is 3.81. The molecule has 1 aromatic heterocycles. The molecule has 106 valence electrons. The number of nitrogens with one attached hydrogen (secondary N) is 1. The number of hydrogen-bond donors (Lipinski definition) is 1. The van der Waals surface area contributed by atoms with Gasteiger partial charge in [0.25, 0.3) is 5.91 Å². The van der Waals surface area contributed by atoms with E-state index in [-0.39, 0.29) is 5.57 Å². The number of carbonyl (C=O) groups is 1. The van der Waals surface area contributed by atoms with Gasteiger partial charge < -0.3 is 0 Å². The molecule has 0 aliphatic heterocycles. The van der Waals surface area contributed by atoms with Gasteiger partial charge in [-0.2, -0.15) is 5.26 Å². The third-order valence-electron chi connectivity index (χ3n) is 2.93. The molecule has 2 aromatic rings. The second-order valence-corrected chi connectivity index (χ2v) is 5.68. The molecule has 0 atom stereocenters. The number of hydrogen-bond acceptors (Lipinski definition) is 4. The molecule has 0 radical (unpaired) electrons. The first-order valence-electron chi connectivity index (χ1n) is 6.52. The number of rotatable bonds is 4. The third kappa shape index (κ3) is 4.01. The van der Waals surface area contributed by atoms with Crippen molar-refractivity contribution < 1.29 is 4.79 Å². The van der Waals surface area contributed by atoms with Crippen molar-refractivity contribution in [1.29, 1.82) is 5.26 Å². The van der Waals surface area contributed by atoms with Gasteiger partial charge >= 0.3 is 0 Å². The average Bonchev–Trinajstić information content (AvgIpc) is 2.98. The van der Waals surface area contributed by atoms with E-state index in [9.17, 15) is 4.79 Å². The first-order chi connectivity index (χ1) is 10.1. The van der Waals surface area contributed by atoms with Crippen LogP contribution in [0.3, 0.4) is 0 Å². The highest BCUT2D eigenvalue weighted by atomic mass is 32.1. The highest BCUT2D eigenvalue weighted by molar-refractivity contribution is 7.13. The van der Waals surface area contributed by atoms with Crippen LogP contribution in [0, 0.1) is 11.3 Å². The van der Waals surface area contributed by atoms with Crippen molar-refractivity contribution in [2.24, 2.45) is 0 Å². The minimum absolute atomic E-state index is 0.0579. The summed E-state index contributed by atoms with van der Waals surface area (Å²) in [5.41, 5.74) is 2.10. The van der Waals surface area contributed by atoms with Gasteiger partial charge in [-0.3, -0.25) is 10.1 Å². The highest BCUT2D eigenvalue weighted by Crippen LogP contribution is 2.17. The lowest BCUT2D eigenvalue weighted by Gasteiger charge is -2.05. The number of carbonyl (C=O) groups excluding carboxylic acids is 1. The SMILES string of the molecule is CC(C)c1ccc(C=C(C#N)C(=O)Nc2nccs2)cc1. The van der Waals surface area contributed by atoms with Gasteiger partial charge in [0.15, 0.2) is 5.13 Å². The highest BCUT2D eigenvalue weighted by Gasteiger charge is 2.10. The van der Waals surface area contributed by atoms with Crippen LogP contribution in [0.1, 0.15) is 30.9 Å². The van der Waals surface area contributed by atoms with Gasteiger partial charge in [0, 0.05) is 11.6 Å². The van der Waals surface area contributed by atoms with Crippen molar-refractivity contribution in [3.8, 4) is 6.07 Å². The van der Waals surface area contributed by atoms with Gasteiger partial charge in [-0.25, -0.2) is 4.98 Å². The quantitative estimate of drug-likeness (QED) is 0.689. The van der Waals surface area contributed by atoms with Gasteiger partial charge in [0.05, 0.1) is 0 Å². The molecule has 0 bridgehead atoms. The van der Waals surface area contributed by atoms with Crippen LogP contribution >= 0.6 is 11.3 Å². The fourth-order valence-electron chi connectivity index (χ4n) is 1.74. The van der Waals surface area contributed by atoms with Gasteiger partial charge in [-0.05, 0) is 23.1 Å². The number of amides is 1. The molecule has 1 N–H and O–H groups in total. The Kier molecular flexibility index (Phi) is 4.85. The molecule has 0 aliphatic carbocycles. The summed E-state index contributed by atoms with van der Waals surface area (Å²) in [7, 11) is 0. The summed E-state index contributed by atoms with van der Waals surface area (Å²) in [5.74, 6) is 0.00653. The van der Waals surface area contributed by atoms with Crippen LogP contribution in [0.15, 0.2) is 41.4 Å². The van der Waals surface area contributed by atoms with E-state index in [4.69, 9.17) is 5.26 Å². The molecule has 1 amide bonds. The fraction of sp³-hybridized carbons (Fsp3) is 0.188. The molecule has 0 saturated heterocycles. The number of thiazole rings is 1. The topological polar surface area (TPSA) is 65.8 Å². The van der Waals surface area contributed by atoms with Crippen LogP contribution in [0.4, 0.5) is 5.13 Å². The number of aromatic nitrogens is 1. The summed E-state index contributed by atoms with van der Waals surface area (Å²) < 4.78 is 0. The van der Waals surface area contributed by atoms with Crippen LogP contribution in [0.2, 0.25) is 0 Å². The van der Waals surface area contributed by atoms with Crippen LogP contribution in [-0.4, -0.2) is 10.9 Å². The van der Waals surface area contributed by atoms with E-state index < -0.39 is 5.91 Å². The summed E-state index contributed by atoms with van der Waals surface area (Å²) >= 11 is 1.31. The molecule has 0 fully saturated rings. The largest absolute Gasteiger partial charge is 0.297 e. The summed E-state index contributed by atoms with van der Waals surface area (Å²) in [6.07, 6.45) is 3.17. The van der Waals surface area contributed by atoms with E-state index in [0.29, 0.717) is 11.0 Å². The van der Waals surface area contributed by atoms with Crippen LogP contribution in [0.5, 0.6) is 0 Å². The van der Waals surface area contributed by atoms with Gasteiger partial charge in [-0.15, -0.1) is 11.3 Å². The zero-order valence-corrected chi connectivity index (χ0v) is 12.6. The smallest absolute Gasteiger partial charge is 0.268 e. The van der Waals surface area contributed by atoms with Crippen molar-refractivity contribution in [3.63, 3.8) is 0 Å². The van der Waals surface area contributed by atoms with Gasteiger partial charge in [0.1, 0.15) is 11.6 Å². The maximum atomic E-state index is 12.0. The summed E-state index contributed by atoms with van der Waals surface area (Å²) in [5, 5.41) is 14.0. The maximum Gasteiger partial charge on any atom is 0.268 e. The lowest BCUT2D eigenvalue weighted by atomic mass is 10.0. The number of nitrogens with zero attached hydrogens (tertiary/aromatic N) is 2. The summed E-state index contributed by atoms with van der Waals surface area (Å²) in [6.45, 7) is 4.24. The first-order valence-corrected chi connectivity index (χ1v) is 7.40. The lowest BCUT2D eigenvalue weighted by molar-refractivity contribution is -0.112. The van der Waals surface area contributed by atoms with Gasteiger partial charge in [-0.1, -0.05) is 38.1 Å². The Morgan fingerprint density at radius 2 is 2.10 bits per heavy atom. The van der Waals surface area contributed by atoms with Crippen molar-refractivity contribution in [2.75, 3.05) is 5.32 Å². The van der Waals surface area contributed by atoms with Crippen molar-refractivity contribution >= 4 is 28.5 Å². The van der Waals surface area contributed by atoms with Crippen LogP contribution in [-0.2, 0) is 4.79 Å². The van der Waals surface area contributed by atoms with E-state index in [1.807, 2.05) is 30.3 Å². The molecule has 2 rings (SSSR count). The fourth-order valence-corrected chi connectivity index (χ4v) is 2.27. The van der Waals surface area contributed by atoms with Gasteiger partial charge in [0.2, 0.25) is 0 Å². The molecule has 1 aromatic carbocycles. The zero-order chi connectivity index (χ0) is 15.2. The molecule has 21 heavy (non-hydrogen) atoms. The molecular formula is C16H15N3OS. The maximum absolute atomic E-state index is 12.0. The van der Waals surface area contributed by atoms with E-state index in [1.165, 1.54) is 16.9 Å². The monoisotopic (exact) mass is 297 g/mol. The lowest BCUT2D eigenvalue weighted by Crippen LogP contribution is -2.13. The molecule has 1 heterocycles. The van der Waals surface area contributed by atoms with E-state index >= 15 is 0 Å². The molecule has 0 spiro atoms. The number of benzene rings is 1. The second-order valence-electron chi connectivity index (χ2n) is 4.78. The van der Waals surface area contributed by atoms with Crippen molar-refractivity contribution in [2.45, 2.75) is 19.8 Å². The number of anilines is 1. The molecule has 5 heteroatoms. The molecular weight excluding hydrogens is 282 g/mol. The molecule has 0 saturated carbocycles. The zero-order valence-electron chi connectivity index (χ0n) is 11.8. The molecule has 0 aliphatic rings. The summed E-state index contributed by atoms with van der Waals surface area (Å²) in [6, 6.07) is 9.75. The van der Waals surface area contributed by atoms with E-state index in [2.05, 4.69) is 24.1 Å². The Labute approximate surface area is 127 Å². The predicted molar refractivity (Wildman–Crippen MR) is 84.9 cm³/mol. The third-order valence-corrected chi connectivity index (χ3v) is 3.62. The minimum Gasteiger partial charge on any atom is -0.297 e. The Morgan fingerprint density at radius 3 is 2.62 bits per heavy atom. The second kappa shape index (κ2) is 6.82. The normalized spacial score (nSPS) is 11.2. The number of nitriles is 1. The Morgan fingerprint density at radius 1 is 1.38 bits per heavy atom. The Hall–Kier alpha value is -2.45. The summed E-state index contributed by atoms with van der Waals surface area (Å²) in [4.78, 5) is 15.9. The average molecular weight is 297 g/mol. The Balaban J connectivity index is 2.16. The van der Waals surface area contributed by atoms with Crippen molar-refractivity contribution in [1.82, 2.24) is 4.98 Å². The van der Waals surface area contributed by atoms with Crippen LogP contribution in [0.25, 0.3) is 6.08 Å².